The maximum atomic E-state index is 13.9. The van der Waals surface area contributed by atoms with Crippen LogP contribution in [0.25, 0.3) is 11.2 Å². The molecule has 0 unspecified atom stereocenters. The fourth-order valence-corrected chi connectivity index (χ4v) is 2.19. The summed E-state index contributed by atoms with van der Waals surface area (Å²) in [7, 11) is 0. The Morgan fingerprint density at radius 2 is 2.42 bits per heavy atom. The summed E-state index contributed by atoms with van der Waals surface area (Å²) in [4.78, 5) is 7.85. The first kappa shape index (κ1) is 12.1. The number of nitrogens with zero attached hydrogens (tertiary/aromatic N) is 4. The minimum atomic E-state index is -1.28. The number of halogens is 1. The van der Waals surface area contributed by atoms with E-state index in [9.17, 15) is 9.60 Å². The van der Waals surface area contributed by atoms with Crippen molar-refractivity contribution >= 4 is 17.0 Å². The molecule has 3 atom stereocenters. The topological polar surface area (TPSA) is 113 Å². The van der Waals surface area contributed by atoms with Crippen LogP contribution in [0.15, 0.2) is 12.7 Å². The van der Waals surface area contributed by atoms with Gasteiger partial charge >= 0.3 is 0 Å². The standard InChI is InChI=1S/C10H12FN5O3/c11-6-1-5(2-17)19-10(6)15-3-13-7-8(12)16(18)4-14-9(7)15/h3-6,10,17H,1-2,12H2/t5-,6+,10+/m0/s1. The number of nitrogen functional groups attached to an aromatic ring is 1. The summed E-state index contributed by atoms with van der Waals surface area (Å²) in [6.45, 7) is -0.250. The van der Waals surface area contributed by atoms with Crippen LogP contribution in [0.3, 0.4) is 0 Å². The molecule has 9 heteroatoms. The number of aromatic nitrogens is 4. The summed E-state index contributed by atoms with van der Waals surface area (Å²) in [5, 5.41) is 20.3. The molecule has 0 aromatic carbocycles. The zero-order valence-electron chi connectivity index (χ0n) is 9.81. The third-order valence-electron chi connectivity index (χ3n) is 3.14. The Balaban J connectivity index is 2.05. The largest absolute Gasteiger partial charge is 0.740 e. The van der Waals surface area contributed by atoms with Crippen molar-refractivity contribution in [2.24, 2.45) is 0 Å². The van der Waals surface area contributed by atoms with E-state index in [1.54, 1.807) is 0 Å². The Kier molecular flexibility index (Phi) is 2.72. The van der Waals surface area contributed by atoms with Gasteiger partial charge in [0.2, 0.25) is 12.0 Å². The third kappa shape index (κ3) is 1.78. The van der Waals surface area contributed by atoms with Gasteiger partial charge in [0.15, 0.2) is 11.7 Å². The SMILES string of the molecule is Nc1c2ncn([C@@H]3O[C@H](CO)C[C@H]3F)c2nc[n+]1[O-]. The monoisotopic (exact) mass is 269 g/mol. The molecule has 1 fully saturated rings. The number of ether oxygens (including phenoxy) is 1. The molecule has 0 saturated carbocycles. The van der Waals surface area contributed by atoms with E-state index in [4.69, 9.17) is 15.6 Å². The van der Waals surface area contributed by atoms with Crippen molar-refractivity contribution in [2.75, 3.05) is 12.3 Å². The fourth-order valence-electron chi connectivity index (χ4n) is 2.19. The molecule has 102 valence electrons. The van der Waals surface area contributed by atoms with Gasteiger partial charge in [-0.3, -0.25) is 4.57 Å². The van der Waals surface area contributed by atoms with Gasteiger partial charge in [0.1, 0.15) is 12.5 Å². The molecule has 3 rings (SSSR count). The number of anilines is 1. The number of aliphatic hydroxyl groups excluding tert-OH is 1. The molecule has 1 saturated heterocycles. The molecule has 0 amide bonds. The maximum Gasteiger partial charge on any atom is 0.251 e. The second kappa shape index (κ2) is 4.28. The van der Waals surface area contributed by atoms with E-state index in [2.05, 4.69) is 9.97 Å². The average molecular weight is 269 g/mol. The average Bonchev–Trinajstić information content (AvgIpc) is 2.97. The highest BCUT2D eigenvalue weighted by Gasteiger charge is 2.38. The third-order valence-corrected chi connectivity index (χ3v) is 3.14. The molecule has 0 spiro atoms. The maximum absolute atomic E-state index is 13.9. The zero-order chi connectivity index (χ0) is 13.6. The summed E-state index contributed by atoms with van der Waals surface area (Å²) >= 11 is 0. The van der Waals surface area contributed by atoms with E-state index in [0.717, 1.165) is 6.33 Å². The van der Waals surface area contributed by atoms with Gasteiger partial charge in [-0.15, -0.1) is 0 Å². The van der Waals surface area contributed by atoms with Gasteiger partial charge in [-0.1, -0.05) is 4.98 Å². The first-order valence-electron chi connectivity index (χ1n) is 5.72. The van der Waals surface area contributed by atoms with Gasteiger partial charge in [-0.05, 0) is 0 Å². The summed E-state index contributed by atoms with van der Waals surface area (Å²) < 4.78 is 21.0. The number of alkyl halides is 1. The van der Waals surface area contributed by atoms with Crippen molar-refractivity contribution in [1.82, 2.24) is 14.5 Å². The second-order valence-corrected chi connectivity index (χ2v) is 4.36. The molecule has 3 heterocycles. The fraction of sp³-hybridized carbons (Fsp3) is 0.500. The molecule has 1 aliphatic rings. The lowest BCUT2D eigenvalue weighted by molar-refractivity contribution is -0.592. The predicted octanol–water partition coefficient (Wildman–Crippen LogP) is -0.735. The van der Waals surface area contributed by atoms with Crippen LogP contribution in [0.1, 0.15) is 12.6 Å². The molecule has 0 bridgehead atoms. The number of imidazole rings is 1. The van der Waals surface area contributed by atoms with Crippen molar-refractivity contribution in [3.63, 3.8) is 0 Å². The smallest absolute Gasteiger partial charge is 0.251 e. The zero-order valence-corrected chi connectivity index (χ0v) is 9.81. The van der Waals surface area contributed by atoms with E-state index in [1.807, 2.05) is 0 Å². The molecular weight excluding hydrogens is 257 g/mol. The lowest BCUT2D eigenvalue weighted by Crippen LogP contribution is -2.31. The molecule has 0 radical (unpaired) electrons. The van der Waals surface area contributed by atoms with Crippen molar-refractivity contribution < 1.29 is 19.0 Å². The Morgan fingerprint density at radius 3 is 3.11 bits per heavy atom. The molecule has 0 aliphatic carbocycles. The van der Waals surface area contributed by atoms with Gasteiger partial charge in [0.05, 0.1) is 12.7 Å². The first-order chi connectivity index (χ1) is 9.11. The number of rotatable bonds is 2. The summed E-state index contributed by atoms with van der Waals surface area (Å²) in [5.41, 5.74) is 6.05. The quantitative estimate of drug-likeness (QED) is 0.548. The van der Waals surface area contributed by atoms with Crippen molar-refractivity contribution in [2.45, 2.75) is 24.9 Å². The van der Waals surface area contributed by atoms with E-state index in [1.165, 1.54) is 10.9 Å². The van der Waals surface area contributed by atoms with Crippen LogP contribution >= 0.6 is 0 Å². The molecule has 8 nitrogen and oxygen atoms in total. The molecule has 2 aromatic heterocycles. The number of hydrogen-bond acceptors (Lipinski definition) is 6. The van der Waals surface area contributed by atoms with Crippen LogP contribution in [-0.4, -0.2) is 38.5 Å². The molecule has 3 N–H and O–H groups in total. The van der Waals surface area contributed by atoms with Crippen LogP contribution in [0.4, 0.5) is 10.2 Å². The second-order valence-electron chi connectivity index (χ2n) is 4.36. The Morgan fingerprint density at radius 1 is 1.63 bits per heavy atom. The van der Waals surface area contributed by atoms with E-state index >= 15 is 0 Å². The van der Waals surface area contributed by atoms with Crippen LogP contribution in [-0.2, 0) is 4.74 Å². The van der Waals surface area contributed by atoms with Gasteiger partial charge < -0.3 is 20.8 Å². The number of fused-ring (bicyclic) bond motifs is 1. The van der Waals surface area contributed by atoms with E-state index in [-0.39, 0.29) is 30.0 Å². The lowest BCUT2D eigenvalue weighted by atomic mass is 10.2. The number of aliphatic hydroxyl groups is 1. The molecule has 1 aliphatic heterocycles. The number of hydrogen-bond donors (Lipinski definition) is 2. The Hall–Kier alpha value is -2.00. The lowest BCUT2D eigenvalue weighted by Gasteiger charge is -2.14. The minimum Gasteiger partial charge on any atom is -0.740 e. The predicted molar refractivity (Wildman–Crippen MR) is 61.4 cm³/mol. The number of nitrogens with two attached hydrogens (primary N) is 1. The van der Waals surface area contributed by atoms with Crippen molar-refractivity contribution in [3.8, 4) is 0 Å². The molecule has 19 heavy (non-hydrogen) atoms. The van der Waals surface area contributed by atoms with Crippen molar-refractivity contribution in [3.05, 3.63) is 17.9 Å². The highest BCUT2D eigenvalue weighted by Crippen LogP contribution is 2.33. The normalized spacial score (nSPS) is 27.2. The molecule has 2 aromatic rings. The van der Waals surface area contributed by atoms with Gasteiger partial charge in [0, 0.05) is 6.42 Å². The molecular formula is C10H12FN5O3. The summed E-state index contributed by atoms with van der Waals surface area (Å²) in [6.07, 6.45) is -0.339. The minimum absolute atomic E-state index is 0.101. The highest BCUT2D eigenvalue weighted by molar-refractivity contribution is 5.79. The summed E-state index contributed by atoms with van der Waals surface area (Å²) in [6, 6.07) is 0. The first-order valence-corrected chi connectivity index (χ1v) is 5.72. The van der Waals surface area contributed by atoms with Crippen LogP contribution in [0.2, 0.25) is 0 Å². The van der Waals surface area contributed by atoms with E-state index in [0.29, 0.717) is 4.73 Å². The van der Waals surface area contributed by atoms with Crippen LogP contribution in [0.5, 0.6) is 0 Å². The van der Waals surface area contributed by atoms with Gasteiger partial charge in [0.25, 0.3) is 5.82 Å². The van der Waals surface area contributed by atoms with Gasteiger partial charge in [-0.2, -0.15) is 0 Å². The van der Waals surface area contributed by atoms with Crippen LogP contribution in [0, 0.1) is 5.21 Å². The highest BCUT2D eigenvalue weighted by atomic mass is 19.1. The van der Waals surface area contributed by atoms with Gasteiger partial charge in [-0.25, -0.2) is 14.1 Å². The van der Waals surface area contributed by atoms with Crippen molar-refractivity contribution in [1.29, 1.82) is 0 Å². The van der Waals surface area contributed by atoms with E-state index < -0.39 is 18.5 Å². The Bertz CT molecular complexity index is 618. The summed E-state index contributed by atoms with van der Waals surface area (Å²) in [5.74, 6) is -0.101. The Labute approximate surface area is 106 Å². The van der Waals surface area contributed by atoms with Crippen LogP contribution < -0.4 is 10.5 Å².